The van der Waals surface area contributed by atoms with Crippen molar-refractivity contribution in [3.8, 4) is 0 Å². The molecule has 0 saturated carbocycles. The quantitative estimate of drug-likeness (QED) is 0.320. The Hall–Kier alpha value is -2.88. The van der Waals surface area contributed by atoms with Crippen LogP contribution < -0.4 is 0 Å². The molecule has 4 nitrogen and oxygen atoms in total. The van der Waals surface area contributed by atoms with Crippen molar-refractivity contribution in [1.82, 2.24) is 4.90 Å². The van der Waals surface area contributed by atoms with Crippen molar-refractivity contribution < 1.29 is 14.7 Å². The fourth-order valence-electron chi connectivity index (χ4n) is 3.67. The first-order chi connectivity index (χ1) is 13.5. The molecule has 2 aromatic carbocycles. The predicted molar refractivity (Wildman–Crippen MR) is 111 cm³/mol. The van der Waals surface area contributed by atoms with Crippen molar-refractivity contribution in [1.29, 1.82) is 0 Å². The summed E-state index contributed by atoms with van der Waals surface area (Å²) in [6.07, 6.45) is 4.06. The molecule has 0 aliphatic carbocycles. The Labute approximate surface area is 166 Å². The summed E-state index contributed by atoms with van der Waals surface area (Å²) >= 11 is 0. The minimum absolute atomic E-state index is 0.111. The topological polar surface area (TPSA) is 57.6 Å². The average Bonchev–Trinajstić information content (AvgIpc) is 2.97. The van der Waals surface area contributed by atoms with E-state index in [0.717, 1.165) is 36.8 Å². The number of Topliss-reactive ketones (excluding diaryl/α,β-unsaturated/α-hetero) is 1. The van der Waals surface area contributed by atoms with Crippen LogP contribution in [0.1, 0.15) is 55.3 Å². The average molecular weight is 377 g/mol. The van der Waals surface area contributed by atoms with Gasteiger partial charge < -0.3 is 10.0 Å². The molecule has 0 bridgehead atoms. The number of rotatable bonds is 7. The van der Waals surface area contributed by atoms with E-state index >= 15 is 0 Å². The van der Waals surface area contributed by atoms with Gasteiger partial charge in [-0.1, -0.05) is 86.3 Å². The second-order valence-electron chi connectivity index (χ2n) is 7.33. The summed E-state index contributed by atoms with van der Waals surface area (Å²) in [5, 5.41) is 10.9. The Bertz CT molecular complexity index is 868. The van der Waals surface area contributed by atoms with E-state index < -0.39 is 17.7 Å². The summed E-state index contributed by atoms with van der Waals surface area (Å²) in [5.74, 6) is -1.25. The van der Waals surface area contributed by atoms with Gasteiger partial charge in [-0.15, -0.1) is 0 Å². The van der Waals surface area contributed by atoms with E-state index in [4.69, 9.17) is 0 Å². The van der Waals surface area contributed by atoms with Gasteiger partial charge >= 0.3 is 0 Å². The molecule has 0 radical (unpaired) electrons. The van der Waals surface area contributed by atoms with E-state index in [1.54, 1.807) is 29.2 Å². The third-order valence-corrected chi connectivity index (χ3v) is 5.23. The van der Waals surface area contributed by atoms with E-state index in [2.05, 4.69) is 6.92 Å². The van der Waals surface area contributed by atoms with Gasteiger partial charge in [0, 0.05) is 12.1 Å². The van der Waals surface area contributed by atoms with Gasteiger partial charge in [-0.3, -0.25) is 9.59 Å². The summed E-state index contributed by atoms with van der Waals surface area (Å²) in [7, 11) is 0. The molecule has 1 fully saturated rings. The number of nitrogens with zero attached hydrogens (tertiary/aromatic N) is 1. The van der Waals surface area contributed by atoms with Crippen molar-refractivity contribution in [2.75, 3.05) is 6.54 Å². The second-order valence-corrected chi connectivity index (χ2v) is 7.33. The lowest BCUT2D eigenvalue weighted by Gasteiger charge is -2.25. The Morgan fingerprint density at radius 1 is 0.964 bits per heavy atom. The van der Waals surface area contributed by atoms with Crippen molar-refractivity contribution in [3.05, 3.63) is 76.9 Å². The molecule has 1 amide bonds. The number of hydrogen-bond acceptors (Lipinski definition) is 3. The summed E-state index contributed by atoms with van der Waals surface area (Å²) in [6.45, 7) is 4.64. The molecule has 3 rings (SSSR count). The number of hydrogen-bond donors (Lipinski definition) is 1. The number of benzene rings is 2. The van der Waals surface area contributed by atoms with Gasteiger partial charge in [0.2, 0.25) is 0 Å². The zero-order chi connectivity index (χ0) is 20.1. The normalized spacial score (nSPS) is 18.6. The molecule has 1 saturated heterocycles. The van der Waals surface area contributed by atoms with Crippen LogP contribution in [0, 0.1) is 6.92 Å². The summed E-state index contributed by atoms with van der Waals surface area (Å²) in [6, 6.07) is 16.2. The van der Waals surface area contributed by atoms with Crippen molar-refractivity contribution in [2.45, 2.75) is 45.6 Å². The highest BCUT2D eigenvalue weighted by Crippen LogP contribution is 2.39. The monoisotopic (exact) mass is 377 g/mol. The highest BCUT2D eigenvalue weighted by molar-refractivity contribution is 6.46. The molecule has 1 atom stereocenters. The van der Waals surface area contributed by atoms with Crippen LogP contribution in [0.5, 0.6) is 0 Å². The van der Waals surface area contributed by atoms with Gasteiger partial charge in [0.05, 0.1) is 11.6 Å². The zero-order valence-electron chi connectivity index (χ0n) is 16.5. The number of carbonyl (C=O) groups is 2. The van der Waals surface area contributed by atoms with E-state index in [-0.39, 0.29) is 11.3 Å². The van der Waals surface area contributed by atoms with Gasteiger partial charge in [0.15, 0.2) is 0 Å². The van der Waals surface area contributed by atoms with E-state index in [1.165, 1.54) is 0 Å². The number of aliphatic hydroxyl groups is 1. The molecule has 0 spiro atoms. The number of likely N-dealkylation sites (tertiary alicyclic amines) is 1. The van der Waals surface area contributed by atoms with Crippen LogP contribution in [0.4, 0.5) is 0 Å². The molecule has 1 N–H and O–H groups in total. The van der Waals surface area contributed by atoms with Crippen molar-refractivity contribution >= 4 is 17.4 Å². The number of carbonyl (C=O) groups excluding carboxylic acids is 2. The molecule has 1 aliphatic heterocycles. The van der Waals surface area contributed by atoms with E-state index in [0.29, 0.717) is 12.1 Å². The Morgan fingerprint density at radius 2 is 1.64 bits per heavy atom. The molecule has 0 unspecified atom stereocenters. The van der Waals surface area contributed by atoms with Gasteiger partial charge in [-0.25, -0.2) is 0 Å². The van der Waals surface area contributed by atoms with E-state index in [9.17, 15) is 14.7 Å². The lowest BCUT2D eigenvalue weighted by molar-refractivity contribution is -0.139. The Kier molecular flexibility index (Phi) is 6.30. The SMILES string of the molecule is CCCCCCN1C(=O)C(=O)C(=C(O)c2ccccc2)[C@H]1c1ccc(C)cc1. The van der Waals surface area contributed by atoms with Gasteiger partial charge in [-0.2, -0.15) is 0 Å². The second kappa shape index (κ2) is 8.87. The summed E-state index contributed by atoms with van der Waals surface area (Å²) < 4.78 is 0. The minimum Gasteiger partial charge on any atom is -0.507 e. The fourth-order valence-corrected chi connectivity index (χ4v) is 3.67. The van der Waals surface area contributed by atoms with Crippen molar-refractivity contribution in [2.24, 2.45) is 0 Å². The molecule has 1 aliphatic rings. The van der Waals surface area contributed by atoms with Gasteiger partial charge in [0.1, 0.15) is 5.76 Å². The van der Waals surface area contributed by atoms with E-state index in [1.807, 2.05) is 37.3 Å². The minimum atomic E-state index is -0.609. The van der Waals surface area contributed by atoms with Crippen LogP contribution in [0.3, 0.4) is 0 Å². The third kappa shape index (κ3) is 4.01. The molecule has 146 valence electrons. The number of unbranched alkanes of at least 4 members (excludes halogenated alkanes) is 3. The molecular formula is C24H27NO3. The first-order valence-electron chi connectivity index (χ1n) is 9.95. The van der Waals surface area contributed by atoms with Crippen LogP contribution in [-0.2, 0) is 9.59 Å². The van der Waals surface area contributed by atoms with Gasteiger partial charge in [-0.05, 0) is 18.9 Å². The molecule has 1 heterocycles. The molecular weight excluding hydrogens is 350 g/mol. The number of ketones is 1. The van der Waals surface area contributed by atoms with Crippen LogP contribution >= 0.6 is 0 Å². The Balaban J connectivity index is 2.04. The smallest absolute Gasteiger partial charge is 0.295 e. The lowest BCUT2D eigenvalue weighted by Crippen LogP contribution is -2.30. The lowest BCUT2D eigenvalue weighted by atomic mass is 9.94. The highest BCUT2D eigenvalue weighted by Gasteiger charge is 2.45. The summed E-state index contributed by atoms with van der Waals surface area (Å²) in [5.41, 5.74) is 2.67. The number of amides is 1. The van der Waals surface area contributed by atoms with Crippen LogP contribution in [0.15, 0.2) is 60.2 Å². The highest BCUT2D eigenvalue weighted by atomic mass is 16.3. The first kappa shape index (κ1) is 19.9. The molecule has 2 aromatic rings. The maximum atomic E-state index is 12.9. The largest absolute Gasteiger partial charge is 0.507 e. The molecule has 4 heteroatoms. The maximum absolute atomic E-state index is 12.9. The van der Waals surface area contributed by atoms with Crippen LogP contribution in [0.25, 0.3) is 5.76 Å². The standard InChI is InChI=1S/C24H27NO3/c1-3-4-5-9-16-25-21(18-14-12-17(2)13-15-18)20(23(27)24(25)28)22(26)19-10-7-6-8-11-19/h6-8,10-15,21,26H,3-5,9,16H2,1-2H3/t21-/m1/s1. The van der Waals surface area contributed by atoms with Gasteiger partial charge in [0.25, 0.3) is 11.7 Å². The maximum Gasteiger partial charge on any atom is 0.295 e. The number of aryl methyl sites for hydroxylation is 1. The van der Waals surface area contributed by atoms with Crippen molar-refractivity contribution in [3.63, 3.8) is 0 Å². The van der Waals surface area contributed by atoms with Crippen LogP contribution in [-0.4, -0.2) is 28.2 Å². The molecule has 0 aromatic heterocycles. The predicted octanol–water partition coefficient (Wildman–Crippen LogP) is 5.00. The fraction of sp³-hybridized carbons (Fsp3) is 0.333. The van der Waals surface area contributed by atoms with Crippen LogP contribution in [0.2, 0.25) is 0 Å². The third-order valence-electron chi connectivity index (χ3n) is 5.23. The summed E-state index contributed by atoms with van der Waals surface area (Å²) in [4.78, 5) is 27.3. The molecule has 28 heavy (non-hydrogen) atoms. The Morgan fingerprint density at radius 3 is 2.29 bits per heavy atom. The zero-order valence-corrected chi connectivity index (χ0v) is 16.5. The number of aliphatic hydroxyl groups excluding tert-OH is 1. The first-order valence-corrected chi connectivity index (χ1v) is 9.95.